The molecule has 0 saturated heterocycles. The van der Waals surface area contributed by atoms with Crippen molar-refractivity contribution >= 4 is 5.97 Å². The van der Waals surface area contributed by atoms with Crippen LogP contribution in [0.2, 0.25) is 0 Å². The van der Waals surface area contributed by atoms with Crippen LogP contribution in [0.4, 0.5) is 0 Å². The Balaban J connectivity index is 1.93. The molecule has 1 aromatic carbocycles. The lowest BCUT2D eigenvalue weighted by Crippen LogP contribution is -2.35. The van der Waals surface area contributed by atoms with E-state index in [4.69, 9.17) is 0 Å². The minimum absolute atomic E-state index is 0.709. The lowest BCUT2D eigenvalue weighted by atomic mass is 10.0. The molecule has 1 heterocycles. The maximum atomic E-state index is 11.3. The molecular formula is C16H18N2O2. The number of carboxylic acid groups (broad SMARTS) is 1. The summed E-state index contributed by atoms with van der Waals surface area (Å²) in [5.41, 5.74) is 2.39. The molecule has 4 heteroatoms. The molecule has 0 bridgehead atoms. The van der Waals surface area contributed by atoms with E-state index in [0.717, 1.165) is 11.1 Å². The van der Waals surface area contributed by atoms with Crippen LogP contribution < -0.4 is 0 Å². The van der Waals surface area contributed by atoms with E-state index < -0.39 is 11.5 Å². The molecule has 1 aliphatic carbocycles. The summed E-state index contributed by atoms with van der Waals surface area (Å²) < 4.78 is 1.51. The second-order valence-corrected chi connectivity index (χ2v) is 5.94. The Morgan fingerprint density at radius 3 is 2.75 bits per heavy atom. The number of aromatic nitrogens is 2. The van der Waals surface area contributed by atoms with Gasteiger partial charge in [-0.2, -0.15) is 5.10 Å². The summed E-state index contributed by atoms with van der Waals surface area (Å²) in [6, 6.07) is 8.45. The molecular weight excluding hydrogens is 252 g/mol. The number of carboxylic acids is 1. The molecule has 3 rings (SSSR count). The van der Waals surface area contributed by atoms with Gasteiger partial charge < -0.3 is 5.11 Å². The molecule has 0 radical (unpaired) electrons. The number of nitrogens with zero attached hydrogens (tertiary/aromatic N) is 2. The largest absolute Gasteiger partial charge is 0.479 e. The molecule has 0 unspecified atom stereocenters. The monoisotopic (exact) mass is 270 g/mol. The van der Waals surface area contributed by atoms with Gasteiger partial charge in [-0.05, 0) is 43.7 Å². The molecule has 1 aliphatic rings. The van der Waals surface area contributed by atoms with Gasteiger partial charge in [0.2, 0.25) is 0 Å². The van der Waals surface area contributed by atoms with Gasteiger partial charge in [-0.15, -0.1) is 0 Å². The lowest BCUT2D eigenvalue weighted by molar-refractivity contribution is -0.146. The third-order valence-corrected chi connectivity index (χ3v) is 3.95. The fourth-order valence-electron chi connectivity index (χ4n) is 2.26. The molecule has 1 fully saturated rings. The molecule has 1 N–H and O–H groups in total. The van der Waals surface area contributed by atoms with Crippen molar-refractivity contribution < 1.29 is 9.90 Å². The van der Waals surface area contributed by atoms with Crippen molar-refractivity contribution in [3.63, 3.8) is 0 Å². The number of carbonyl (C=O) groups is 1. The van der Waals surface area contributed by atoms with Crippen LogP contribution in [-0.2, 0) is 10.3 Å². The van der Waals surface area contributed by atoms with Gasteiger partial charge in [-0.1, -0.05) is 24.3 Å². The van der Waals surface area contributed by atoms with Gasteiger partial charge in [0.1, 0.15) is 0 Å². The number of rotatable bonds is 4. The van der Waals surface area contributed by atoms with E-state index in [1.807, 2.05) is 6.07 Å². The van der Waals surface area contributed by atoms with E-state index >= 15 is 0 Å². The zero-order chi connectivity index (χ0) is 14.3. The van der Waals surface area contributed by atoms with E-state index in [9.17, 15) is 9.90 Å². The van der Waals surface area contributed by atoms with Crippen LogP contribution in [0.15, 0.2) is 36.7 Å². The van der Waals surface area contributed by atoms with Crippen LogP contribution in [0, 0.1) is 0 Å². The highest BCUT2D eigenvalue weighted by Gasteiger charge is 2.30. The molecule has 0 aliphatic heterocycles. The zero-order valence-corrected chi connectivity index (χ0v) is 11.7. The first kappa shape index (κ1) is 12.9. The molecule has 1 aromatic heterocycles. The molecule has 20 heavy (non-hydrogen) atoms. The van der Waals surface area contributed by atoms with Crippen molar-refractivity contribution in [2.75, 3.05) is 0 Å². The first-order valence-corrected chi connectivity index (χ1v) is 6.87. The SMILES string of the molecule is CC(C)(C(=O)O)n1cc(-c2cccc(C3CC3)c2)cn1. The maximum Gasteiger partial charge on any atom is 0.331 e. The van der Waals surface area contributed by atoms with Crippen molar-refractivity contribution in [2.24, 2.45) is 0 Å². The van der Waals surface area contributed by atoms with Crippen molar-refractivity contribution in [2.45, 2.75) is 38.1 Å². The minimum Gasteiger partial charge on any atom is -0.479 e. The summed E-state index contributed by atoms with van der Waals surface area (Å²) in [7, 11) is 0. The summed E-state index contributed by atoms with van der Waals surface area (Å²) in [5, 5.41) is 13.5. The Hall–Kier alpha value is -2.10. The van der Waals surface area contributed by atoms with Crippen molar-refractivity contribution in [3.8, 4) is 11.1 Å². The normalized spacial score (nSPS) is 15.3. The van der Waals surface area contributed by atoms with Gasteiger partial charge >= 0.3 is 5.97 Å². The summed E-state index contributed by atoms with van der Waals surface area (Å²) in [4.78, 5) is 11.3. The highest BCUT2D eigenvalue weighted by molar-refractivity contribution is 5.76. The van der Waals surface area contributed by atoms with Crippen LogP contribution in [0.5, 0.6) is 0 Å². The Bertz CT molecular complexity index is 654. The fraction of sp³-hybridized carbons (Fsp3) is 0.375. The quantitative estimate of drug-likeness (QED) is 0.927. The summed E-state index contributed by atoms with van der Waals surface area (Å²) in [6.07, 6.45) is 6.08. The van der Waals surface area contributed by atoms with Gasteiger partial charge in [-0.3, -0.25) is 4.68 Å². The predicted octanol–water partition coefficient (Wildman–Crippen LogP) is 3.25. The average Bonchev–Trinajstić information content (AvgIpc) is 3.15. The smallest absolute Gasteiger partial charge is 0.331 e. The van der Waals surface area contributed by atoms with Gasteiger partial charge in [-0.25, -0.2) is 4.79 Å². The van der Waals surface area contributed by atoms with Gasteiger partial charge in [0, 0.05) is 11.8 Å². The Morgan fingerprint density at radius 1 is 1.35 bits per heavy atom. The zero-order valence-electron chi connectivity index (χ0n) is 11.7. The standard InChI is InChI=1S/C16H18N2O2/c1-16(2,15(19)20)18-10-14(9-17-18)13-5-3-4-12(8-13)11-6-7-11/h3-5,8-11H,6-7H2,1-2H3,(H,19,20). The Labute approximate surface area is 118 Å². The van der Waals surface area contributed by atoms with Crippen molar-refractivity contribution in [3.05, 3.63) is 42.2 Å². The number of benzene rings is 1. The molecule has 2 aromatic rings. The fourth-order valence-corrected chi connectivity index (χ4v) is 2.26. The lowest BCUT2D eigenvalue weighted by Gasteiger charge is -2.19. The van der Waals surface area contributed by atoms with Gasteiger partial charge in [0.15, 0.2) is 5.54 Å². The number of aliphatic carboxylic acids is 1. The van der Waals surface area contributed by atoms with Crippen molar-refractivity contribution in [1.29, 1.82) is 0 Å². The molecule has 4 nitrogen and oxygen atoms in total. The summed E-state index contributed by atoms with van der Waals surface area (Å²) >= 11 is 0. The first-order chi connectivity index (χ1) is 9.48. The highest BCUT2D eigenvalue weighted by Crippen LogP contribution is 2.41. The topological polar surface area (TPSA) is 55.1 Å². The second kappa shape index (κ2) is 4.47. The van der Waals surface area contributed by atoms with Crippen LogP contribution in [0.3, 0.4) is 0 Å². The van der Waals surface area contributed by atoms with Crippen LogP contribution >= 0.6 is 0 Å². The van der Waals surface area contributed by atoms with E-state index in [1.165, 1.54) is 23.1 Å². The van der Waals surface area contributed by atoms with E-state index in [-0.39, 0.29) is 0 Å². The number of hydrogen-bond acceptors (Lipinski definition) is 2. The molecule has 0 atom stereocenters. The Kier molecular flexibility index (Phi) is 2.89. The average molecular weight is 270 g/mol. The summed E-state index contributed by atoms with van der Waals surface area (Å²) in [6.45, 7) is 3.29. The number of hydrogen-bond donors (Lipinski definition) is 1. The van der Waals surface area contributed by atoms with Gasteiger partial charge in [0.05, 0.1) is 6.20 Å². The Morgan fingerprint density at radius 2 is 2.10 bits per heavy atom. The third-order valence-electron chi connectivity index (χ3n) is 3.95. The predicted molar refractivity (Wildman–Crippen MR) is 76.6 cm³/mol. The molecule has 0 amide bonds. The minimum atomic E-state index is -1.04. The molecule has 1 saturated carbocycles. The van der Waals surface area contributed by atoms with Crippen LogP contribution in [0.1, 0.15) is 38.2 Å². The summed E-state index contributed by atoms with van der Waals surface area (Å²) in [5.74, 6) is -0.181. The van der Waals surface area contributed by atoms with E-state index in [1.54, 1.807) is 26.2 Å². The van der Waals surface area contributed by atoms with Gasteiger partial charge in [0.25, 0.3) is 0 Å². The van der Waals surface area contributed by atoms with Crippen molar-refractivity contribution in [1.82, 2.24) is 9.78 Å². The maximum absolute atomic E-state index is 11.3. The second-order valence-electron chi connectivity index (χ2n) is 5.94. The molecule has 0 spiro atoms. The third kappa shape index (κ3) is 2.22. The van der Waals surface area contributed by atoms with Crippen LogP contribution in [-0.4, -0.2) is 20.9 Å². The van der Waals surface area contributed by atoms with Crippen LogP contribution in [0.25, 0.3) is 11.1 Å². The molecule has 104 valence electrons. The first-order valence-electron chi connectivity index (χ1n) is 6.87. The van der Waals surface area contributed by atoms with E-state index in [0.29, 0.717) is 5.92 Å². The van der Waals surface area contributed by atoms with E-state index in [2.05, 4.69) is 23.3 Å². The highest BCUT2D eigenvalue weighted by atomic mass is 16.4.